The van der Waals surface area contributed by atoms with Gasteiger partial charge >= 0.3 is 0 Å². The minimum atomic E-state index is 0.110. The Balaban J connectivity index is 1.68. The minimum absolute atomic E-state index is 0.110. The van der Waals surface area contributed by atoms with E-state index in [0.717, 1.165) is 11.3 Å². The predicted octanol–water partition coefficient (Wildman–Crippen LogP) is 3.97. The number of nitrogens with one attached hydrogen (secondary N) is 1. The Morgan fingerprint density at radius 3 is 2.78 bits per heavy atom. The van der Waals surface area contributed by atoms with Gasteiger partial charge in [0.05, 0.1) is 19.0 Å². The molecule has 2 aromatic carbocycles. The summed E-state index contributed by atoms with van der Waals surface area (Å²) in [7, 11) is 1.55. The van der Waals surface area contributed by atoms with E-state index in [1.807, 2.05) is 35.7 Å². The van der Waals surface area contributed by atoms with E-state index in [1.165, 1.54) is 17.4 Å². The summed E-state index contributed by atoms with van der Waals surface area (Å²) in [6, 6.07) is 15.0. The second-order valence-corrected chi connectivity index (χ2v) is 5.56. The van der Waals surface area contributed by atoms with Gasteiger partial charge in [0, 0.05) is 22.6 Å². The van der Waals surface area contributed by atoms with Gasteiger partial charge in [-0.1, -0.05) is 30.3 Å². The maximum atomic E-state index is 9.86. The van der Waals surface area contributed by atoms with E-state index in [9.17, 15) is 5.11 Å². The SMILES string of the molecule is COc1ccc(C=NNc2nc(-c3ccccc3)cs2)c(O)c1. The Morgan fingerprint density at radius 1 is 1.22 bits per heavy atom. The summed E-state index contributed by atoms with van der Waals surface area (Å²) in [6.07, 6.45) is 1.54. The van der Waals surface area contributed by atoms with E-state index >= 15 is 0 Å². The highest BCUT2D eigenvalue weighted by Gasteiger charge is 2.03. The monoisotopic (exact) mass is 325 g/mol. The van der Waals surface area contributed by atoms with Crippen LogP contribution in [0, 0.1) is 0 Å². The summed E-state index contributed by atoms with van der Waals surface area (Å²) in [5.41, 5.74) is 5.44. The van der Waals surface area contributed by atoms with Gasteiger partial charge in [-0.3, -0.25) is 5.43 Å². The third kappa shape index (κ3) is 3.67. The molecule has 3 aromatic rings. The van der Waals surface area contributed by atoms with Crippen molar-refractivity contribution in [1.82, 2.24) is 4.98 Å². The number of anilines is 1. The summed E-state index contributed by atoms with van der Waals surface area (Å²) in [6.45, 7) is 0. The topological polar surface area (TPSA) is 66.7 Å². The van der Waals surface area contributed by atoms with E-state index < -0.39 is 0 Å². The molecule has 23 heavy (non-hydrogen) atoms. The molecule has 0 amide bonds. The van der Waals surface area contributed by atoms with Crippen LogP contribution in [-0.4, -0.2) is 23.4 Å². The average molecular weight is 325 g/mol. The average Bonchev–Trinajstić information content (AvgIpc) is 3.06. The van der Waals surface area contributed by atoms with Crippen LogP contribution in [0.15, 0.2) is 59.0 Å². The lowest BCUT2D eigenvalue weighted by atomic mass is 10.2. The molecule has 0 aliphatic carbocycles. The van der Waals surface area contributed by atoms with Gasteiger partial charge in [-0.25, -0.2) is 4.98 Å². The number of phenols is 1. The quantitative estimate of drug-likeness (QED) is 0.550. The van der Waals surface area contributed by atoms with Crippen molar-refractivity contribution in [3.05, 3.63) is 59.5 Å². The van der Waals surface area contributed by atoms with Crippen LogP contribution < -0.4 is 10.2 Å². The molecule has 0 aliphatic rings. The van der Waals surface area contributed by atoms with Crippen LogP contribution in [0.1, 0.15) is 5.56 Å². The Hall–Kier alpha value is -2.86. The molecule has 3 rings (SSSR count). The van der Waals surface area contributed by atoms with E-state index in [-0.39, 0.29) is 5.75 Å². The van der Waals surface area contributed by atoms with Crippen molar-refractivity contribution in [2.24, 2.45) is 5.10 Å². The summed E-state index contributed by atoms with van der Waals surface area (Å²) in [4.78, 5) is 4.47. The number of hydrogen-bond acceptors (Lipinski definition) is 6. The van der Waals surface area contributed by atoms with Gasteiger partial charge in [0.2, 0.25) is 5.13 Å². The number of benzene rings is 2. The van der Waals surface area contributed by atoms with Crippen molar-refractivity contribution in [1.29, 1.82) is 0 Å². The molecule has 0 unspecified atom stereocenters. The molecular formula is C17H15N3O2S. The number of hydrazone groups is 1. The molecule has 0 bridgehead atoms. The van der Waals surface area contributed by atoms with Crippen molar-refractivity contribution in [3.8, 4) is 22.8 Å². The van der Waals surface area contributed by atoms with E-state index in [0.29, 0.717) is 16.4 Å². The molecule has 0 radical (unpaired) electrons. The number of hydrogen-bond donors (Lipinski definition) is 2. The lowest BCUT2D eigenvalue weighted by Crippen LogP contribution is -1.91. The first-order valence-corrected chi connectivity index (χ1v) is 7.81. The fraction of sp³-hybridized carbons (Fsp3) is 0.0588. The fourth-order valence-corrected chi connectivity index (χ4v) is 2.65. The molecular weight excluding hydrogens is 310 g/mol. The first kappa shape index (κ1) is 15.1. The van der Waals surface area contributed by atoms with Crippen molar-refractivity contribution in [2.45, 2.75) is 0 Å². The van der Waals surface area contributed by atoms with Gasteiger partial charge in [-0.05, 0) is 12.1 Å². The van der Waals surface area contributed by atoms with Gasteiger partial charge in [0.1, 0.15) is 11.5 Å². The lowest BCUT2D eigenvalue weighted by Gasteiger charge is -2.02. The zero-order valence-electron chi connectivity index (χ0n) is 12.4. The maximum absolute atomic E-state index is 9.86. The largest absolute Gasteiger partial charge is 0.507 e. The van der Waals surface area contributed by atoms with Crippen LogP contribution in [0.3, 0.4) is 0 Å². The minimum Gasteiger partial charge on any atom is -0.507 e. The second-order valence-electron chi connectivity index (χ2n) is 4.70. The summed E-state index contributed by atoms with van der Waals surface area (Å²) >= 11 is 1.47. The number of nitrogens with zero attached hydrogens (tertiary/aromatic N) is 2. The van der Waals surface area contributed by atoms with Crippen molar-refractivity contribution in [2.75, 3.05) is 12.5 Å². The molecule has 0 saturated heterocycles. The summed E-state index contributed by atoms with van der Waals surface area (Å²) in [5.74, 6) is 0.707. The Morgan fingerprint density at radius 2 is 2.04 bits per heavy atom. The fourth-order valence-electron chi connectivity index (χ4n) is 1.98. The Labute approximate surface area is 137 Å². The molecule has 6 heteroatoms. The highest BCUT2D eigenvalue weighted by atomic mass is 32.1. The number of aromatic nitrogens is 1. The van der Waals surface area contributed by atoms with E-state index in [4.69, 9.17) is 4.74 Å². The van der Waals surface area contributed by atoms with Gasteiger partial charge in [-0.15, -0.1) is 11.3 Å². The number of ether oxygens (including phenoxy) is 1. The molecule has 0 saturated carbocycles. The van der Waals surface area contributed by atoms with Gasteiger partial charge in [-0.2, -0.15) is 5.10 Å². The molecule has 5 nitrogen and oxygen atoms in total. The third-order valence-corrected chi connectivity index (χ3v) is 3.92. The first-order valence-electron chi connectivity index (χ1n) is 6.93. The van der Waals surface area contributed by atoms with E-state index in [1.54, 1.807) is 25.5 Å². The molecule has 0 atom stereocenters. The maximum Gasteiger partial charge on any atom is 0.203 e. The zero-order valence-corrected chi connectivity index (χ0v) is 13.2. The van der Waals surface area contributed by atoms with E-state index in [2.05, 4.69) is 15.5 Å². The highest BCUT2D eigenvalue weighted by molar-refractivity contribution is 7.14. The summed E-state index contributed by atoms with van der Waals surface area (Å²) in [5, 5.41) is 16.6. The first-order chi connectivity index (χ1) is 11.3. The number of thiazole rings is 1. The van der Waals surface area contributed by atoms with Crippen LogP contribution in [-0.2, 0) is 0 Å². The van der Waals surface area contributed by atoms with Gasteiger partial charge < -0.3 is 9.84 Å². The molecule has 0 aliphatic heterocycles. The van der Waals surface area contributed by atoms with Crippen LogP contribution >= 0.6 is 11.3 Å². The normalized spacial score (nSPS) is 10.8. The van der Waals surface area contributed by atoms with Crippen LogP contribution in [0.5, 0.6) is 11.5 Å². The standard InChI is InChI=1S/C17H15N3O2S/c1-22-14-8-7-13(16(21)9-14)10-18-20-17-19-15(11-23-17)12-5-3-2-4-6-12/h2-11,21H,1H3,(H,19,20). The number of rotatable bonds is 5. The van der Waals surface area contributed by atoms with Crippen molar-refractivity contribution < 1.29 is 9.84 Å². The molecule has 116 valence electrons. The lowest BCUT2D eigenvalue weighted by molar-refractivity contribution is 0.407. The Kier molecular flexibility index (Phi) is 4.54. The molecule has 0 fully saturated rings. The van der Waals surface area contributed by atoms with Crippen molar-refractivity contribution >= 4 is 22.7 Å². The van der Waals surface area contributed by atoms with Crippen LogP contribution in [0.4, 0.5) is 5.13 Å². The molecule has 2 N–H and O–H groups in total. The smallest absolute Gasteiger partial charge is 0.203 e. The van der Waals surface area contributed by atoms with Crippen LogP contribution in [0.25, 0.3) is 11.3 Å². The highest BCUT2D eigenvalue weighted by Crippen LogP contribution is 2.25. The predicted molar refractivity (Wildman–Crippen MR) is 93.4 cm³/mol. The van der Waals surface area contributed by atoms with Gasteiger partial charge in [0.25, 0.3) is 0 Å². The number of aromatic hydroxyl groups is 1. The zero-order chi connectivity index (χ0) is 16.1. The second kappa shape index (κ2) is 6.93. The Bertz CT molecular complexity index is 816. The molecule has 0 spiro atoms. The van der Waals surface area contributed by atoms with Crippen LogP contribution in [0.2, 0.25) is 0 Å². The molecule has 1 aromatic heterocycles. The summed E-state index contributed by atoms with van der Waals surface area (Å²) < 4.78 is 5.04. The van der Waals surface area contributed by atoms with Gasteiger partial charge in [0.15, 0.2) is 0 Å². The number of methoxy groups -OCH3 is 1. The molecule has 1 heterocycles. The number of phenolic OH excluding ortho intramolecular Hbond substituents is 1. The van der Waals surface area contributed by atoms with Crippen molar-refractivity contribution in [3.63, 3.8) is 0 Å². The third-order valence-electron chi connectivity index (χ3n) is 3.18.